The molecule has 0 spiro atoms. The maximum absolute atomic E-state index is 11.4. The van der Waals surface area contributed by atoms with Crippen LogP contribution in [0.15, 0.2) is 30.4 Å². The molecule has 5 heteroatoms. The van der Waals surface area contributed by atoms with E-state index in [4.69, 9.17) is 9.47 Å². The highest BCUT2D eigenvalue weighted by molar-refractivity contribution is 5.69. The Morgan fingerprint density at radius 1 is 1.43 bits per heavy atom. The number of rotatable bonds is 8. The molecule has 2 aliphatic rings. The van der Waals surface area contributed by atoms with Gasteiger partial charge in [-0.15, -0.1) is 11.8 Å². The van der Waals surface area contributed by atoms with Crippen LogP contribution in [0.1, 0.15) is 56.6 Å². The lowest BCUT2D eigenvalue weighted by Gasteiger charge is -2.19. The molecule has 1 heterocycles. The molecule has 162 valence electrons. The van der Waals surface area contributed by atoms with Crippen molar-refractivity contribution >= 4 is 5.97 Å². The van der Waals surface area contributed by atoms with Crippen LogP contribution in [-0.4, -0.2) is 41.6 Å². The number of ether oxygens (including phenoxy) is 2. The van der Waals surface area contributed by atoms with E-state index in [0.717, 1.165) is 23.3 Å². The number of fused-ring (bicyclic) bond motifs is 3. The maximum Gasteiger partial charge on any atom is 0.305 e. The van der Waals surface area contributed by atoms with Crippen molar-refractivity contribution in [1.29, 1.82) is 0 Å². The second kappa shape index (κ2) is 10.1. The number of carbonyl (C=O) groups is 1. The highest BCUT2D eigenvalue weighted by Gasteiger charge is 2.48. The molecular formula is C25H32O5. The number of aliphatic hydroxyl groups excluding tert-OH is 2. The van der Waals surface area contributed by atoms with Crippen molar-refractivity contribution in [1.82, 2.24) is 0 Å². The molecule has 3 rings (SSSR count). The minimum atomic E-state index is -0.594. The van der Waals surface area contributed by atoms with Gasteiger partial charge < -0.3 is 19.7 Å². The molecule has 1 aromatic carbocycles. The van der Waals surface area contributed by atoms with Gasteiger partial charge in [0.25, 0.3) is 0 Å². The molecule has 0 radical (unpaired) electrons. The van der Waals surface area contributed by atoms with Gasteiger partial charge in [-0.3, -0.25) is 4.79 Å². The van der Waals surface area contributed by atoms with Crippen LogP contribution in [0.4, 0.5) is 0 Å². The highest BCUT2D eigenvalue weighted by atomic mass is 16.5. The van der Waals surface area contributed by atoms with Crippen LogP contribution in [0.25, 0.3) is 0 Å². The number of esters is 1. The van der Waals surface area contributed by atoms with Crippen LogP contribution in [0.2, 0.25) is 0 Å². The minimum absolute atomic E-state index is 0.0385. The predicted molar refractivity (Wildman–Crippen MR) is 115 cm³/mol. The summed E-state index contributed by atoms with van der Waals surface area (Å²) in [6.45, 7) is 3.77. The summed E-state index contributed by atoms with van der Waals surface area (Å²) in [6, 6.07) is 6.13. The molecule has 0 saturated heterocycles. The molecule has 0 bridgehead atoms. The molecule has 0 amide bonds. The molecular weight excluding hydrogens is 380 g/mol. The Kier molecular flexibility index (Phi) is 7.58. The van der Waals surface area contributed by atoms with E-state index < -0.39 is 12.2 Å². The fraction of sp³-hybridized carbons (Fsp3) is 0.560. The van der Waals surface area contributed by atoms with Crippen LogP contribution in [0.3, 0.4) is 0 Å². The van der Waals surface area contributed by atoms with Gasteiger partial charge in [-0.2, -0.15) is 0 Å². The van der Waals surface area contributed by atoms with Gasteiger partial charge in [0.05, 0.1) is 19.3 Å². The number of benzene rings is 1. The monoisotopic (exact) mass is 412 g/mol. The molecule has 1 aliphatic heterocycles. The zero-order valence-corrected chi connectivity index (χ0v) is 18.0. The van der Waals surface area contributed by atoms with E-state index in [1.54, 1.807) is 13.0 Å². The lowest BCUT2D eigenvalue weighted by Crippen LogP contribution is -2.19. The van der Waals surface area contributed by atoms with Gasteiger partial charge in [-0.25, -0.2) is 0 Å². The van der Waals surface area contributed by atoms with E-state index in [1.165, 1.54) is 7.11 Å². The number of aliphatic hydroxyl groups is 2. The van der Waals surface area contributed by atoms with Gasteiger partial charge in [0.1, 0.15) is 11.9 Å². The molecule has 30 heavy (non-hydrogen) atoms. The fourth-order valence-electron chi connectivity index (χ4n) is 4.51. The lowest BCUT2D eigenvalue weighted by atomic mass is 9.86. The molecule has 1 fully saturated rings. The van der Waals surface area contributed by atoms with E-state index in [-0.39, 0.29) is 29.8 Å². The maximum atomic E-state index is 11.4. The summed E-state index contributed by atoms with van der Waals surface area (Å²) >= 11 is 0. The summed E-state index contributed by atoms with van der Waals surface area (Å²) in [5.41, 5.74) is 2.20. The lowest BCUT2D eigenvalue weighted by molar-refractivity contribution is -0.140. The summed E-state index contributed by atoms with van der Waals surface area (Å²) in [6.07, 6.45) is 5.66. The summed E-state index contributed by atoms with van der Waals surface area (Å²) in [4.78, 5) is 11.4. The SMILES string of the molecule is CC#CC[C@H](C)[C@@H](O)/C=C/[C@H]1[C@@H]2c3cccc(CCCC(=O)OC)c3O[C@@H]2C[C@@H]1O. The van der Waals surface area contributed by atoms with E-state index >= 15 is 0 Å². The number of carbonyl (C=O) groups excluding carboxylic acids is 1. The summed E-state index contributed by atoms with van der Waals surface area (Å²) < 4.78 is 11.0. The van der Waals surface area contributed by atoms with Gasteiger partial charge in [-0.05, 0) is 31.2 Å². The van der Waals surface area contributed by atoms with E-state index in [9.17, 15) is 15.0 Å². The third kappa shape index (κ3) is 4.88. The van der Waals surface area contributed by atoms with E-state index in [2.05, 4.69) is 17.9 Å². The first kappa shape index (κ1) is 22.4. The van der Waals surface area contributed by atoms with E-state index in [1.807, 2.05) is 25.1 Å². The van der Waals surface area contributed by atoms with Crippen LogP contribution in [-0.2, 0) is 16.0 Å². The van der Waals surface area contributed by atoms with Crippen molar-refractivity contribution in [3.63, 3.8) is 0 Å². The first-order valence-corrected chi connectivity index (χ1v) is 10.8. The number of hydrogen-bond donors (Lipinski definition) is 2. The first-order chi connectivity index (χ1) is 14.5. The van der Waals surface area contributed by atoms with Crippen LogP contribution in [0, 0.1) is 23.7 Å². The fourth-order valence-corrected chi connectivity index (χ4v) is 4.51. The molecule has 1 aliphatic carbocycles. The molecule has 0 aromatic heterocycles. The minimum Gasteiger partial charge on any atom is -0.489 e. The van der Waals surface area contributed by atoms with Crippen molar-refractivity contribution < 1.29 is 24.5 Å². The Morgan fingerprint density at radius 2 is 2.23 bits per heavy atom. The Morgan fingerprint density at radius 3 is 2.97 bits per heavy atom. The number of para-hydroxylation sites is 1. The second-order valence-electron chi connectivity index (χ2n) is 8.31. The van der Waals surface area contributed by atoms with E-state index in [0.29, 0.717) is 25.7 Å². The summed E-state index contributed by atoms with van der Waals surface area (Å²) in [5.74, 6) is 6.58. The summed E-state index contributed by atoms with van der Waals surface area (Å²) in [5, 5.41) is 21.1. The Labute approximate surface area is 179 Å². The van der Waals surface area contributed by atoms with Crippen molar-refractivity contribution in [3.8, 4) is 17.6 Å². The zero-order chi connectivity index (χ0) is 21.7. The van der Waals surface area contributed by atoms with Gasteiger partial charge in [0.2, 0.25) is 0 Å². The van der Waals surface area contributed by atoms with Gasteiger partial charge >= 0.3 is 5.97 Å². The quantitative estimate of drug-likeness (QED) is 0.389. The van der Waals surface area contributed by atoms with Gasteiger partial charge in [0, 0.05) is 36.7 Å². The largest absolute Gasteiger partial charge is 0.489 e. The Balaban J connectivity index is 1.73. The third-order valence-corrected chi connectivity index (χ3v) is 6.26. The van der Waals surface area contributed by atoms with Crippen LogP contribution >= 0.6 is 0 Å². The van der Waals surface area contributed by atoms with Crippen LogP contribution in [0.5, 0.6) is 5.75 Å². The Hall–Kier alpha value is -2.29. The van der Waals surface area contributed by atoms with Crippen molar-refractivity contribution in [2.75, 3.05) is 7.11 Å². The average Bonchev–Trinajstić information content (AvgIpc) is 3.25. The molecule has 1 saturated carbocycles. The molecule has 1 aromatic rings. The smallest absolute Gasteiger partial charge is 0.305 e. The molecule has 2 N–H and O–H groups in total. The number of aryl methyl sites for hydroxylation is 1. The highest BCUT2D eigenvalue weighted by Crippen LogP contribution is 2.52. The number of hydrogen-bond acceptors (Lipinski definition) is 5. The standard InChI is InChI=1S/C25H32O5/c1-4-5-8-16(2)20(26)14-13-18-21(27)15-22-24(18)19-11-6-9-17(25(19)30-22)10-7-12-23(28)29-3/h6,9,11,13-14,16,18,20-22,24,26-27H,7-8,10,12,15H2,1-3H3/b14-13+/t16-,18+,20-,21-,22+,24+/m0/s1. The van der Waals surface area contributed by atoms with Gasteiger partial charge in [0.15, 0.2) is 0 Å². The normalized spacial score (nSPS) is 26.3. The van der Waals surface area contributed by atoms with Crippen molar-refractivity contribution in [3.05, 3.63) is 41.5 Å². The molecule has 6 atom stereocenters. The topological polar surface area (TPSA) is 76.0 Å². The first-order valence-electron chi connectivity index (χ1n) is 10.8. The zero-order valence-electron chi connectivity index (χ0n) is 18.0. The summed E-state index contributed by atoms with van der Waals surface area (Å²) in [7, 11) is 1.40. The molecule has 0 unspecified atom stereocenters. The number of methoxy groups -OCH3 is 1. The molecule has 5 nitrogen and oxygen atoms in total. The Bertz CT molecular complexity index is 834. The third-order valence-electron chi connectivity index (χ3n) is 6.26. The average molecular weight is 413 g/mol. The van der Waals surface area contributed by atoms with Crippen molar-refractivity contribution in [2.24, 2.45) is 11.8 Å². The second-order valence-corrected chi connectivity index (χ2v) is 8.31. The van der Waals surface area contributed by atoms with Gasteiger partial charge in [-0.1, -0.05) is 37.3 Å². The van der Waals surface area contributed by atoms with Crippen molar-refractivity contribution in [2.45, 2.75) is 70.2 Å². The predicted octanol–water partition coefficient (Wildman–Crippen LogP) is 3.37. The van der Waals surface area contributed by atoms with Crippen LogP contribution < -0.4 is 4.74 Å².